The van der Waals surface area contributed by atoms with E-state index in [0.29, 0.717) is 10.0 Å². The molecule has 0 aliphatic carbocycles. The highest BCUT2D eigenvalue weighted by Crippen LogP contribution is 2.24. The van der Waals surface area contributed by atoms with Gasteiger partial charge < -0.3 is 0 Å². The highest BCUT2D eigenvalue weighted by molar-refractivity contribution is 6.42. The van der Waals surface area contributed by atoms with E-state index in [4.69, 9.17) is 23.2 Å². The van der Waals surface area contributed by atoms with Crippen molar-refractivity contribution >= 4 is 34.0 Å². The molecule has 1 aromatic heterocycles. The number of nitrogens with zero attached hydrogens (tertiary/aromatic N) is 1. The summed E-state index contributed by atoms with van der Waals surface area (Å²) in [5.74, 6) is 0. The lowest BCUT2D eigenvalue weighted by molar-refractivity contribution is 1.09. The second-order valence-electron chi connectivity index (χ2n) is 4.45. The topological polar surface area (TPSA) is 12.9 Å². The van der Waals surface area contributed by atoms with Gasteiger partial charge in [0.25, 0.3) is 0 Å². The van der Waals surface area contributed by atoms with Gasteiger partial charge >= 0.3 is 0 Å². The van der Waals surface area contributed by atoms with Crippen LogP contribution in [-0.4, -0.2) is 4.98 Å². The van der Waals surface area contributed by atoms with Crippen molar-refractivity contribution in [3.8, 4) is 0 Å². The number of halogens is 2. The van der Waals surface area contributed by atoms with E-state index in [2.05, 4.69) is 23.2 Å². The number of aromatic nitrogens is 1. The van der Waals surface area contributed by atoms with Crippen LogP contribution in [0, 0.1) is 0 Å². The molecule has 0 spiro atoms. The predicted molar refractivity (Wildman–Crippen MR) is 81.0 cm³/mol. The molecule has 1 nitrogen and oxygen atoms in total. The molecule has 94 valence electrons. The first kappa shape index (κ1) is 12.5. The molecule has 19 heavy (non-hydrogen) atoms. The van der Waals surface area contributed by atoms with E-state index in [1.165, 1.54) is 5.39 Å². The van der Waals surface area contributed by atoms with Crippen molar-refractivity contribution in [3.63, 3.8) is 0 Å². The van der Waals surface area contributed by atoms with E-state index in [-0.39, 0.29) is 0 Å². The minimum absolute atomic E-state index is 0.580. The number of rotatable bonds is 2. The average Bonchev–Trinajstić information content (AvgIpc) is 2.43. The Kier molecular flexibility index (Phi) is 3.41. The summed E-state index contributed by atoms with van der Waals surface area (Å²) in [7, 11) is 0. The summed E-state index contributed by atoms with van der Waals surface area (Å²) in [6.07, 6.45) is 2.66. The minimum atomic E-state index is 0.580. The second kappa shape index (κ2) is 5.20. The molecule has 2 aromatic carbocycles. The Balaban J connectivity index is 1.94. The van der Waals surface area contributed by atoms with E-state index < -0.39 is 0 Å². The Labute approximate surface area is 121 Å². The third kappa shape index (κ3) is 2.73. The number of hydrogen-bond acceptors (Lipinski definition) is 1. The lowest BCUT2D eigenvalue weighted by atomic mass is 10.1. The molecular formula is C16H11Cl2N. The van der Waals surface area contributed by atoms with Crippen LogP contribution in [0.25, 0.3) is 10.8 Å². The molecule has 0 aliphatic rings. The molecule has 3 rings (SSSR count). The second-order valence-corrected chi connectivity index (χ2v) is 5.26. The van der Waals surface area contributed by atoms with Gasteiger partial charge in [-0.15, -0.1) is 0 Å². The van der Waals surface area contributed by atoms with Gasteiger partial charge in [0.2, 0.25) is 0 Å². The van der Waals surface area contributed by atoms with Crippen molar-refractivity contribution < 1.29 is 0 Å². The van der Waals surface area contributed by atoms with Gasteiger partial charge in [0.15, 0.2) is 0 Å². The Morgan fingerprint density at radius 3 is 2.42 bits per heavy atom. The zero-order chi connectivity index (χ0) is 13.2. The smallest absolute Gasteiger partial charge is 0.0595 e. The molecule has 0 fully saturated rings. The van der Waals surface area contributed by atoms with Gasteiger partial charge in [-0.25, -0.2) is 0 Å². The van der Waals surface area contributed by atoms with Crippen molar-refractivity contribution in [2.45, 2.75) is 6.42 Å². The quantitative estimate of drug-likeness (QED) is 0.636. The molecule has 0 unspecified atom stereocenters. The third-order valence-corrected chi connectivity index (χ3v) is 3.80. The number of hydrogen-bond donors (Lipinski definition) is 0. The summed E-state index contributed by atoms with van der Waals surface area (Å²) < 4.78 is 0. The zero-order valence-corrected chi connectivity index (χ0v) is 11.6. The van der Waals surface area contributed by atoms with Crippen LogP contribution in [0.5, 0.6) is 0 Å². The Hall–Kier alpha value is -1.57. The number of pyridine rings is 1. The summed E-state index contributed by atoms with van der Waals surface area (Å²) in [4.78, 5) is 4.48. The van der Waals surface area contributed by atoms with Crippen molar-refractivity contribution in [2.24, 2.45) is 0 Å². The largest absolute Gasteiger partial charge is 0.260 e. The van der Waals surface area contributed by atoms with Crippen molar-refractivity contribution in [3.05, 3.63) is 76.0 Å². The van der Waals surface area contributed by atoms with Gasteiger partial charge in [0.05, 0.1) is 10.0 Å². The first-order valence-corrected chi connectivity index (χ1v) is 6.75. The Morgan fingerprint density at radius 1 is 0.842 bits per heavy atom. The molecule has 0 N–H and O–H groups in total. The molecular weight excluding hydrogens is 277 g/mol. The van der Waals surface area contributed by atoms with Gasteiger partial charge in [-0.3, -0.25) is 4.98 Å². The predicted octanol–water partition coefficient (Wildman–Crippen LogP) is 5.13. The molecule has 1 heterocycles. The number of benzene rings is 2. The van der Waals surface area contributed by atoms with Crippen LogP contribution < -0.4 is 0 Å². The summed E-state index contributed by atoms with van der Waals surface area (Å²) >= 11 is 11.9. The minimum Gasteiger partial charge on any atom is -0.260 e. The molecule has 0 bridgehead atoms. The lowest BCUT2D eigenvalue weighted by Crippen LogP contribution is -1.92. The highest BCUT2D eigenvalue weighted by atomic mass is 35.5. The highest BCUT2D eigenvalue weighted by Gasteiger charge is 2.03. The Morgan fingerprint density at radius 2 is 1.63 bits per heavy atom. The van der Waals surface area contributed by atoms with E-state index in [1.807, 2.05) is 36.5 Å². The summed E-state index contributed by atoms with van der Waals surface area (Å²) in [5, 5.41) is 3.52. The maximum absolute atomic E-state index is 6.02. The van der Waals surface area contributed by atoms with Crippen LogP contribution >= 0.6 is 23.2 Å². The fraction of sp³-hybridized carbons (Fsp3) is 0.0625. The molecule has 0 saturated carbocycles. The maximum Gasteiger partial charge on any atom is 0.0595 e. The van der Waals surface area contributed by atoms with Gasteiger partial charge in [0.1, 0.15) is 0 Å². The zero-order valence-electron chi connectivity index (χ0n) is 10.1. The first-order valence-electron chi connectivity index (χ1n) is 6.00. The summed E-state index contributed by atoms with van der Waals surface area (Å²) in [5.41, 5.74) is 2.13. The SMILES string of the molecule is Clc1ccc(Cc2cc3ccccc3cn2)cc1Cl. The van der Waals surface area contributed by atoms with E-state index in [0.717, 1.165) is 23.1 Å². The van der Waals surface area contributed by atoms with Gasteiger partial charge in [-0.2, -0.15) is 0 Å². The van der Waals surface area contributed by atoms with E-state index >= 15 is 0 Å². The normalized spacial score (nSPS) is 10.8. The van der Waals surface area contributed by atoms with Crippen LogP contribution in [0.3, 0.4) is 0 Å². The van der Waals surface area contributed by atoms with E-state index in [1.54, 1.807) is 0 Å². The number of fused-ring (bicyclic) bond motifs is 1. The van der Waals surface area contributed by atoms with Crippen LogP contribution in [0.15, 0.2) is 54.7 Å². The Bertz CT molecular complexity index is 738. The van der Waals surface area contributed by atoms with Crippen molar-refractivity contribution in [1.82, 2.24) is 4.98 Å². The van der Waals surface area contributed by atoms with Gasteiger partial charge in [0, 0.05) is 23.7 Å². The van der Waals surface area contributed by atoms with Gasteiger partial charge in [-0.05, 0) is 29.1 Å². The fourth-order valence-electron chi connectivity index (χ4n) is 2.08. The lowest BCUT2D eigenvalue weighted by Gasteiger charge is -2.04. The van der Waals surface area contributed by atoms with E-state index in [9.17, 15) is 0 Å². The van der Waals surface area contributed by atoms with Crippen molar-refractivity contribution in [2.75, 3.05) is 0 Å². The molecule has 0 amide bonds. The first-order chi connectivity index (χ1) is 9.22. The standard InChI is InChI=1S/C16H11Cl2N/c17-15-6-5-11(8-16(15)18)7-14-9-12-3-1-2-4-13(12)10-19-14/h1-6,8-10H,7H2. The van der Waals surface area contributed by atoms with Crippen molar-refractivity contribution in [1.29, 1.82) is 0 Å². The molecule has 0 saturated heterocycles. The molecule has 3 aromatic rings. The monoisotopic (exact) mass is 287 g/mol. The maximum atomic E-state index is 6.02. The van der Waals surface area contributed by atoms with Crippen LogP contribution in [0.2, 0.25) is 10.0 Å². The average molecular weight is 288 g/mol. The summed E-state index contributed by atoms with van der Waals surface area (Å²) in [6.45, 7) is 0. The summed E-state index contributed by atoms with van der Waals surface area (Å²) in [6, 6.07) is 16.0. The van der Waals surface area contributed by atoms with Crippen LogP contribution in [-0.2, 0) is 6.42 Å². The van der Waals surface area contributed by atoms with Gasteiger partial charge in [-0.1, -0.05) is 53.5 Å². The molecule has 0 atom stereocenters. The third-order valence-electron chi connectivity index (χ3n) is 3.06. The van der Waals surface area contributed by atoms with Crippen LogP contribution in [0.4, 0.5) is 0 Å². The molecule has 0 aliphatic heterocycles. The molecule has 3 heteroatoms. The fourth-order valence-corrected chi connectivity index (χ4v) is 2.41. The van der Waals surface area contributed by atoms with Crippen LogP contribution in [0.1, 0.15) is 11.3 Å². The molecule has 0 radical (unpaired) electrons.